The summed E-state index contributed by atoms with van der Waals surface area (Å²) in [5.74, 6) is 0. The van der Waals surface area contributed by atoms with Crippen molar-refractivity contribution in [1.29, 1.82) is 0 Å². The summed E-state index contributed by atoms with van der Waals surface area (Å²) in [6.07, 6.45) is 1.97. The summed E-state index contributed by atoms with van der Waals surface area (Å²) in [6.45, 7) is 3.61. The summed E-state index contributed by atoms with van der Waals surface area (Å²) in [6, 6.07) is 7.42. The van der Waals surface area contributed by atoms with E-state index in [9.17, 15) is 4.57 Å². The van der Waals surface area contributed by atoms with Gasteiger partial charge in [-0.2, -0.15) is 4.89 Å². The first kappa shape index (κ1) is 9.11. The Morgan fingerprint density at radius 1 is 1.42 bits per heavy atom. The number of rotatable bonds is 3. The van der Waals surface area contributed by atoms with Gasteiger partial charge in [0.1, 0.15) is 0 Å². The highest BCUT2D eigenvalue weighted by atomic mass is 31.1. The highest BCUT2D eigenvalue weighted by Crippen LogP contribution is 2.21. The molecule has 1 aromatic rings. The molecule has 12 heavy (non-hydrogen) atoms. The quantitative estimate of drug-likeness (QED) is 0.727. The van der Waals surface area contributed by atoms with Crippen molar-refractivity contribution in [3.05, 3.63) is 42.0 Å². The van der Waals surface area contributed by atoms with Gasteiger partial charge in [-0.15, -0.1) is 0 Å². The van der Waals surface area contributed by atoms with E-state index in [1.807, 2.05) is 24.3 Å². The monoisotopic (exact) mass is 181 g/mol. The van der Waals surface area contributed by atoms with E-state index in [1.54, 1.807) is 6.08 Å². The fourth-order valence-electron chi connectivity index (χ4n) is 0.915. The van der Waals surface area contributed by atoms with Gasteiger partial charge in [-0.05, 0) is 10.1 Å². The summed E-state index contributed by atoms with van der Waals surface area (Å²) in [5.41, 5.74) is 1.90. The van der Waals surface area contributed by atoms with E-state index in [-0.39, 0.29) is 6.16 Å². The highest BCUT2D eigenvalue weighted by molar-refractivity contribution is 7.37. The van der Waals surface area contributed by atoms with Crippen molar-refractivity contribution >= 4 is 14.1 Å². The van der Waals surface area contributed by atoms with E-state index < -0.39 is 8.03 Å². The first-order chi connectivity index (χ1) is 5.72. The van der Waals surface area contributed by atoms with Gasteiger partial charge in [0, 0.05) is 5.56 Å². The van der Waals surface area contributed by atoms with Crippen molar-refractivity contribution in [2.24, 2.45) is 0 Å². The Kier molecular flexibility index (Phi) is 3.15. The lowest BCUT2D eigenvalue weighted by atomic mass is 10.1. The second kappa shape index (κ2) is 4.15. The summed E-state index contributed by atoms with van der Waals surface area (Å²) in [5, 5.41) is 0. The SMILES string of the molecule is C=Cc1ccc(C[P+](=O)O)cc1. The Balaban J connectivity index is 2.77. The van der Waals surface area contributed by atoms with Crippen LogP contribution in [0.25, 0.3) is 6.08 Å². The molecular formula is C9H10O2P+. The van der Waals surface area contributed by atoms with Crippen LogP contribution in [-0.4, -0.2) is 4.89 Å². The van der Waals surface area contributed by atoms with Crippen LogP contribution >= 0.6 is 8.03 Å². The Hall–Kier alpha value is -0.980. The molecule has 0 saturated heterocycles. The molecule has 0 aromatic heterocycles. The predicted octanol–water partition coefficient (Wildman–Crippen LogP) is 2.56. The second-order valence-electron chi connectivity index (χ2n) is 2.46. The van der Waals surface area contributed by atoms with Gasteiger partial charge in [-0.25, -0.2) is 0 Å². The molecule has 1 aromatic carbocycles. The number of hydrogen-bond donors (Lipinski definition) is 1. The number of benzene rings is 1. The van der Waals surface area contributed by atoms with E-state index in [0.29, 0.717) is 0 Å². The maximum absolute atomic E-state index is 10.5. The van der Waals surface area contributed by atoms with Gasteiger partial charge < -0.3 is 0 Å². The van der Waals surface area contributed by atoms with Crippen molar-refractivity contribution in [3.8, 4) is 0 Å². The Labute approximate surface area is 72.4 Å². The minimum absolute atomic E-state index is 0.229. The molecule has 0 amide bonds. The van der Waals surface area contributed by atoms with Crippen molar-refractivity contribution in [3.63, 3.8) is 0 Å². The van der Waals surface area contributed by atoms with Gasteiger partial charge in [0.25, 0.3) is 0 Å². The molecular weight excluding hydrogens is 171 g/mol. The molecule has 3 heteroatoms. The lowest BCUT2D eigenvalue weighted by Gasteiger charge is -1.92. The summed E-state index contributed by atoms with van der Waals surface area (Å²) in [7, 11) is -2.07. The van der Waals surface area contributed by atoms with Gasteiger partial charge in [0.2, 0.25) is 6.16 Å². The largest absolute Gasteiger partial charge is 0.510 e. The fraction of sp³-hybridized carbons (Fsp3) is 0.111. The van der Waals surface area contributed by atoms with E-state index in [4.69, 9.17) is 4.89 Å². The smallest absolute Gasteiger partial charge is 0.160 e. The molecule has 1 N–H and O–H groups in total. The molecule has 0 aliphatic carbocycles. The predicted molar refractivity (Wildman–Crippen MR) is 50.1 cm³/mol. The third-order valence-corrected chi connectivity index (χ3v) is 2.17. The van der Waals surface area contributed by atoms with Gasteiger partial charge in [-0.3, -0.25) is 0 Å². The van der Waals surface area contributed by atoms with Gasteiger partial charge in [-0.1, -0.05) is 36.9 Å². The summed E-state index contributed by atoms with van der Waals surface area (Å²) >= 11 is 0. The zero-order chi connectivity index (χ0) is 8.97. The number of hydrogen-bond acceptors (Lipinski definition) is 1. The zero-order valence-corrected chi connectivity index (χ0v) is 7.50. The van der Waals surface area contributed by atoms with Crippen LogP contribution in [0.1, 0.15) is 11.1 Å². The molecule has 0 heterocycles. The van der Waals surface area contributed by atoms with Crippen LogP contribution in [0.4, 0.5) is 0 Å². The molecule has 1 rings (SSSR count). The van der Waals surface area contributed by atoms with Crippen LogP contribution < -0.4 is 0 Å². The maximum atomic E-state index is 10.5. The molecule has 0 radical (unpaired) electrons. The molecule has 0 fully saturated rings. The average molecular weight is 181 g/mol. The van der Waals surface area contributed by atoms with Gasteiger partial charge in [0.05, 0.1) is 0 Å². The van der Waals surface area contributed by atoms with E-state index >= 15 is 0 Å². The van der Waals surface area contributed by atoms with Crippen molar-refractivity contribution in [2.45, 2.75) is 6.16 Å². The minimum atomic E-state index is -2.07. The van der Waals surface area contributed by atoms with Crippen LogP contribution in [0.2, 0.25) is 0 Å². The van der Waals surface area contributed by atoms with E-state index in [0.717, 1.165) is 11.1 Å². The summed E-state index contributed by atoms with van der Waals surface area (Å²) < 4.78 is 10.5. The van der Waals surface area contributed by atoms with E-state index in [1.165, 1.54) is 0 Å². The van der Waals surface area contributed by atoms with Crippen molar-refractivity contribution in [2.75, 3.05) is 0 Å². The van der Waals surface area contributed by atoms with E-state index in [2.05, 4.69) is 6.58 Å². The topological polar surface area (TPSA) is 37.3 Å². The van der Waals surface area contributed by atoms with Crippen molar-refractivity contribution in [1.82, 2.24) is 0 Å². The zero-order valence-electron chi connectivity index (χ0n) is 6.60. The summed E-state index contributed by atoms with van der Waals surface area (Å²) in [4.78, 5) is 8.62. The molecule has 62 valence electrons. The third-order valence-electron chi connectivity index (χ3n) is 1.53. The molecule has 0 bridgehead atoms. The second-order valence-corrected chi connectivity index (χ2v) is 3.48. The lowest BCUT2D eigenvalue weighted by Crippen LogP contribution is -1.79. The first-order valence-electron chi connectivity index (χ1n) is 3.57. The molecule has 0 spiro atoms. The molecule has 1 unspecified atom stereocenters. The van der Waals surface area contributed by atoms with Crippen LogP contribution in [0.15, 0.2) is 30.8 Å². The van der Waals surface area contributed by atoms with Gasteiger partial charge >= 0.3 is 8.03 Å². The Bertz CT molecular complexity index is 290. The fourth-order valence-corrected chi connectivity index (χ4v) is 1.44. The van der Waals surface area contributed by atoms with Gasteiger partial charge in [0.15, 0.2) is 0 Å². The van der Waals surface area contributed by atoms with Crippen LogP contribution in [-0.2, 0) is 10.7 Å². The Morgan fingerprint density at radius 3 is 2.42 bits per heavy atom. The molecule has 0 aliphatic heterocycles. The Morgan fingerprint density at radius 2 is 2.00 bits per heavy atom. The average Bonchev–Trinajstić information content (AvgIpc) is 2.05. The molecule has 0 saturated carbocycles. The molecule has 2 nitrogen and oxygen atoms in total. The van der Waals surface area contributed by atoms with Crippen LogP contribution in [0, 0.1) is 0 Å². The highest BCUT2D eigenvalue weighted by Gasteiger charge is 2.10. The molecule has 0 aliphatic rings. The third kappa shape index (κ3) is 2.57. The molecule has 1 atom stereocenters. The van der Waals surface area contributed by atoms with Crippen LogP contribution in [0.3, 0.4) is 0 Å². The minimum Gasteiger partial charge on any atom is -0.160 e. The normalized spacial score (nSPS) is 10.9. The van der Waals surface area contributed by atoms with Crippen molar-refractivity contribution < 1.29 is 9.46 Å². The standard InChI is InChI=1S/C9H9O2P/c1-2-8-3-5-9(6-4-8)7-12(10)11/h2-6H,1,7H2/p+1. The first-order valence-corrected chi connectivity index (χ1v) is 4.97. The lowest BCUT2D eigenvalue weighted by molar-refractivity contribution is 0.502. The van der Waals surface area contributed by atoms with Crippen LogP contribution in [0.5, 0.6) is 0 Å². The maximum Gasteiger partial charge on any atom is 0.510 e.